The third-order valence-corrected chi connectivity index (χ3v) is 6.82. The molecule has 204 valence electrons. The molecule has 0 bridgehead atoms. The Morgan fingerprint density at radius 2 is 1.92 bits per heavy atom. The molecule has 10 nitrogen and oxygen atoms in total. The highest BCUT2D eigenvalue weighted by atomic mass is 16.5. The van der Waals surface area contributed by atoms with Crippen molar-refractivity contribution in [3.05, 3.63) is 83.0 Å². The van der Waals surface area contributed by atoms with Crippen molar-refractivity contribution >= 4 is 23.2 Å². The van der Waals surface area contributed by atoms with Crippen LogP contribution in [-0.4, -0.2) is 58.1 Å². The second kappa shape index (κ2) is 11.4. The molecule has 5 N–H and O–H groups in total. The Bertz CT molecular complexity index is 1360. The molecule has 1 aliphatic heterocycles. The van der Waals surface area contributed by atoms with Gasteiger partial charge in [0.1, 0.15) is 23.7 Å². The molecule has 0 radical (unpaired) electrons. The minimum atomic E-state index is -0.103. The second-order valence-corrected chi connectivity index (χ2v) is 10.9. The number of nitrogens with one attached hydrogen (secondary N) is 3. The van der Waals surface area contributed by atoms with Crippen LogP contribution in [0.1, 0.15) is 49.6 Å². The Labute approximate surface area is 228 Å². The maximum Gasteiger partial charge on any atom is 0.174 e. The highest BCUT2D eigenvalue weighted by Gasteiger charge is 2.21. The molecule has 1 aliphatic carbocycles. The summed E-state index contributed by atoms with van der Waals surface area (Å²) in [6.07, 6.45) is 8.28. The smallest absolute Gasteiger partial charge is 0.174 e. The lowest BCUT2D eigenvalue weighted by Gasteiger charge is -2.26. The normalized spacial score (nSPS) is 18.0. The lowest BCUT2D eigenvalue weighted by Crippen LogP contribution is -2.35. The average molecular weight is 529 g/mol. The number of nitrogens with two attached hydrogens (primary N) is 1. The molecule has 1 atom stereocenters. The van der Waals surface area contributed by atoms with Gasteiger partial charge in [-0.05, 0) is 18.1 Å². The monoisotopic (exact) mass is 528 g/mol. The fourth-order valence-electron chi connectivity index (χ4n) is 4.52. The van der Waals surface area contributed by atoms with Crippen molar-refractivity contribution in [1.29, 1.82) is 5.41 Å². The third-order valence-electron chi connectivity index (χ3n) is 6.82. The van der Waals surface area contributed by atoms with Crippen molar-refractivity contribution in [3.63, 3.8) is 0 Å². The fraction of sp³-hybridized carbons (Fsp3) is 0.379. The zero-order valence-electron chi connectivity index (χ0n) is 22.7. The molecule has 10 heteroatoms. The van der Waals surface area contributed by atoms with Crippen LogP contribution in [0, 0.1) is 5.41 Å². The van der Waals surface area contributed by atoms with Crippen LogP contribution in [0.2, 0.25) is 0 Å². The number of hydrogen-bond donors (Lipinski definition) is 4. The van der Waals surface area contributed by atoms with E-state index < -0.39 is 0 Å². The van der Waals surface area contributed by atoms with Gasteiger partial charge in [-0.2, -0.15) is 0 Å². The number of morpholine rings is 1. The molecule has 2 aliphatic rings. The van der Waals surface area contributed by atoms with Crippen LogP contribution < -0.4 is 16.4 Å². The number of hydrogen-bond acceptors (Lipinski definition) is 10. The van der Waals surface area contributed by atoms with Crippen molar-refractivity contribution in [2.24, 2.45) is 0 Å². The van der Waals surface area contributed by atoms with Crippen molar-refractivity contribution in [2.75, 3.05) is 42.7 Å². The molecule has 1 saturated heterocycles. The van der Waals surface area contributed by atoms with Gasteiger partial charge >= 0.3 is 0 Å². The lowest BCUT2D eigenvalue weighted by atomic mass is 9.93. The highest BCUT2D eigenvalue weighted by Crippen LogP contribution is 2.27. The van der Waals surface area contributed by atoms with Crippen molar-refractivity contribution in [1.82, 2.24) is 20.0 Å². The third kappa shape index (κ3) is 6.52. The topological polar surface area (TPSA) is 138 Å². The van der Waals surface area contributed by atoms with Crippen molar-refractivity contribution in [3.8, 4) is 0 Å². The Balaban J connectivity index is 1.23. The van der Waals surface area contributed by atoms with Crippen LogP contribution in [-0.2, 0) is 16.7 Å². The maximum atomic E-state index is 8.91. The first-order valence-electron chi connectivity index (χ1n) is 13.2. The number of ether oxygens (including phenoxy) is 1. The molecule has 39 heavy (non-hydrogen) atoms. The minimum Gasteiger partial charge on any atom is -0.383 e. The molecule has 0 saturated carbocycles. The molecular weight excluding hydrogens is 492 g/mol. The van der Waals surface area contributed by atoms with Gasteiger partial charge in [-0.25, -0.2) is 9.97 Å². The number of nitrogen functional groups attached to an aromatic ring is 1. The standard InChI is InChI=1S/C29H36N8O2/c1-29(2,3)23-16-24(36-39-23)34-21-8-10-22(11-9-21)35-28-25(27(31)32-18-33-28)26(30)20-6-4-19(5-7-20)17-37-12-14-38-15-13-37/h4-10,16,18,22,30H,11-15,17H2,1-3H3,(H,34,36)(H3,31,32,33,35). The molecule has 1 fully saturated rings. The summed E-state index contributed by atoms with van der Waals surface area (Å²) in [7, 11) is 0. The van der Waals surface area contributed by atoms with Crippen LogP contribution >= 0.6 is 0 Å². The number of nitrogens with zero attached hydrogens (tertiary/aromatic N) is 4. The van der Waals surface area contributed by atoms with Crippen LogP contribution in [0.3, 0.4) is 0 Å². The summed E-state index contributed by atoms with van der Waals surface area (Å²) in [4.78, 5) is 11.0. The summed E-state index contributed by atoms with van der Waals surface area (Å²) in [6.45, 7) is 10.5. The van der Waals surface area contributed by atoms with Crippen molar-refractivity contribution < 1.29 is 9.26 Å². The van der Waals surface area contributed by atoms with Gasteiger partial charge in [0.25, 0.3) is 0 Å². The second-order valence-electron chi connectivity index (χ2n) is 10.9. The summed E-state index contributed by atoms with van der Waals surface area (Å²) in [5, 5.41) is 19.8. The van der Waals surface area contributed by atoms with Gasteiger partial charge in [-0.3, -0.25) is 10.3 Å². The predicted molar refractivity (Wildman–Crippen MR) is 153 cm³/mol. The molecule has 3 aromatic rings. The zero-order chi connectivity index (χ0) is 27.4. The van der Waals surface area contributed by atoms with Gasteiger partial charge in [-0.1, -0.05) is 62.3 Å². The average Bonchev–Trinajstić information content (AvgIpc) is 3.40. The molecule has 0 amide bonds. The number of anilines is 3. The van der Waals surface area contributed by atoms with Gasteiger partial charge in [-0.15, -0.1) is 0 Å². The van der Waals surface area contributed by atoms with Gasteiger partial charge in [0.2, 0.25) is 0 Å². The largest absolute Gasteiger partial charge is 0.383 e. The molecule has 5 rings (SSSR count). The number of rotatable bonds is 8. The van der Waals surface area contributed by atoms with E-state index in [1.807, 2.05) is 24.3 Å². The van der Waals surface area contributed by atoms with E-state index in [2.05, 4.69) is 75.7 Å². The zero-order valence-corrected chi connectivity index (χ0v) is 22.7. The first-order valence-corrected chi connectivity index (χ1v) is 13.2. The minimum absolute atomic E-state index is 0.0188. The summed E-state index contributed by atoms with van der Waals surface area (Å²) in [5.74, 6) is 2.31. The van der Waals surface area contributed by atoms with Crippen LogP contribution in [0.15, 0.2) is 65.1 Å². The van der Waals surface area contributed by atoms with E-state index in [0.29, 0.717) is 17.2 Å². The van der Waals surface area contributed by atoms with E-state index in [1.165, 1.54) is 11.9 Å². The quantitative estimate of drug-likeness (QED) is 0.315. The Kier molecular flexibility index (Phi) is 7.76. The van der Waals surface area contributed by atoms with Crippen LogP contribution in [0.4, 0.5) is 17.5 Å². The Morgan fingerprint density at radius 3 is 2.59 bits per heavy atom. The molecule has 1 aromatic carbocycles. The molecule has 2 aromatic heterocycles. The first kappa shape index (κ1) is 26.6. The van der Waals surface area contributed by atoms with E-state index >= 15 is 0 Å². The fourth-order valence-corrected chi connectivity index (χ4v) is 4.52. The van der Waals surface area contributed by atoms with Gasteiger partial charge in [0.15, 0.2) is 5.82 Å². The molecule has 3 heterocycles. The predicted octanol–water partition coefficient (Wildman–Crippen LogP) is 4.33. The van der Waals surface area contributed by atoms with Crippen molar-refractivity contribution in [2.45, 2.75) is 45.2 Å². The van der Waals surface area contributed by atoms with E-state index in [1.54, 1.807) is 0 Å². The number of allylic oxidation sites excluding steroid dienone is 1. The van der Waals surface area contributed by atoms with Crippen LogP contribution in [0.5, 0.6) is 0 Å². The molecule has 1 unspecified atom stereocenters. The van der Waals surface area contributed by atoms with E-state index in [4.69, 9.17) is 20.4 Å². The summed E-state index contributed by atoms with van der Waals surface area (Å²) in [6, 6.07) is 9.96. The van der Waals surface area contributed by atoms with Gasteiger partial charge in [0.05, 0.1) is 24.5 Å². The Morgan fingerprint density at radius 1 is 1.15 bits per heavy atom. The maximum absolute atomic E-state index is 8.91. The molecule has 0 spiro atoms. The van der Waals surface area contributed by atoms with Gasteiger partial charge < -0.3 is 25.6 Å². The van der Waals surface area contributed by atoms with E-state index in [-0.39, 0.29) is 23.0 Å². The van der Waals surface area contributed by atoms with E-state index in [0.717, 1.165) is 56.3 Å². The number of benzene rings is 1. The lowest BCUT2D eigenvalue weighted by molar-refractivity contribution is 0.0342. The Hall–Kier alpha value is -4.02. The number of aromatic nitrogens is 3. The SMILES string of the molecule is CC(C)(C)c1cc(NC2=CCC(Nc3ncnc(N)c3C(=N)c3ccc(CN4CCOCC4)cc3)C=C2)no1. The van der Waals surface area contributed by atoms with E-state index in [9.17, 15) is 0 Å². The summed E-state index contributed by atoms with van der Waals surface area (Å²) in [5.41, 5.74) is 9.83. The van der Waals surface area contributed by atoms with Crippen LogP contribution in [0.25, 0.3) is 0 Å². The van der Waals surface area contributed by atoms with Gasteiger partial charge in [0, 0.05) is 48.4 Å². The summed E-state index contributed by atoms with van der Waals surface area (Å²) >= 11 is 0. The first-order chi connectivity index (χ1) is 18.8. The summed E-state index contributed by atoms with van der Waals surface area (Å²) < 4.78 is 10.9. The highest BCUT2D eigenvalue weighted by molar-refractivity contribution is 6.16. The molecular formula is C29H36N8O2.